The number of nitrogens with zero attached hydrogens (tertiary/aromatic N) is 2. The van der Waals surface area contributed by atoms with Gasteiger partial charge in [0, 0.05) is 25.7 Å². The molecule has 0 aliphatic carbocycles. The maximum Gasteiger partial charge on any atom is 0.320 e. The van der Waals surface area contributed by atoms with Gasteiger partial charge in [-0.3, -0.25) is 0 Å². The van der Waals surface area contributed by atoms with Crippen molar-refractivity contribution in [1.82, 2.24) is 9.80 Å². The van der Waals surface area contributed by atoms with E-state index < -0.39 is 9.84 Å². The zero-order chi connectivity index (χ0) is 14.0. The maximum atomic E-state index is 12.5. The monoisotopic (exact) mass is 288 g/mol. The minimum Gasteiger partial charge on any atom is -0.323 e. The van der Waals surface area contributed by atoms with Gasteiger partial charge in [0.25, 0.3) is 0 Å². The number of carbonyl (C=O) groups excluding carboxylic acids is 1. The Morgan fingerprint density at radius 3 is 2.32 bits per heavy atom. The number of carbonyl (C=O) groups is 1. The summed E-state index contributed by atoms with van der Waals surface area (Å²) < 4.78 is 22.8. The summed E-state index contributed by atoms with van der Waals surface area (Å²) >= 11 is 0. The average molecular weight is 288 g/mol. The second-order valence-electron chi connectivity index (χ2n) is 5.92. The highest BCUT2D eigenvalue weighted by molar-refractivity contribution is 7.91. The van der Waals surface area contributed by atoms with Crippen LogP contribution in [0.15, 0.2) is 0 Å². The van der Waals surface area contributed by atoms with Crippen LogP contribution < -0.4 is 0 Å². The summed E-state index contributed by atoms with van der Waals surface area (Å²) in [6, 6.07) is 0.341. The van der Waals surface area contributed by atoms with Gasteiger partial charge in [-0.15, -0.1) is 0 Å². The predicted octanol–water partition coefficient (Wildman–Crippen LogP) is 1.35. The van der Waals surface area contributed by atoms with Gasteiger partial charge in [0.15, 0.2) is 9.84 Å². The molecule has 2 aliphatic rings. The van der Waals surface area contributed by atoms with E-state index in [2.05, 4.69) is 13.8 Å². The maximum absolute atomic E-state index is 12.5. The Kier molecular flexibility index (Phi) is 4.38. The highest BCUT2D eigenvalue weighted by Gasteiger charge is 2.33. The molecule has 0 aromatic heterocycles. The summed E-state index contributed by atoms with van der Waals surface area (Å²) in [6.45, 7) is 5.81. The van der Waals surface area contributed by atoms with Crippen molar-refractivity contribution in [2.24, 2.45) is 5.92 Å². The van der Waals surface area contributed by atoms with Crippen molar-refractivity contribution < 1.29 is 13.2 Å². The van der Waals surface area contributed by atoms with E-state index in [9.17, 15) is 13.2 Å². The molecule has 0 aromatic carbocycles. The SMILES string of the molecule is CC(C)C1CCCCN1C(=O)N1CCS(=O)(=O)CC1. The van der Waals surface area contributed by atoms with E-state index in [4.69, 9.17) is 0 Å². The molecule has 2 heterocycles. The van der Waals surface area contributed by atoms with E-state index in [1.807, 2.05) is 4.90 Å². The number of rotatable bonds is 1. The van der Waals surface area contributed by atoms with E-state index in [1.165, 1.54) is 6.42 Å². The third kappa shape index (κ3) is 3.41. The molecule has 0 N–H and O–H groups in total. The fourth-order valence-electron chi connectivity index (χ4n) is 2.97. The molecule has 2 saturated heterocycles. The van der Waals surface area contributed by atoms with Gasteiger partial charge in [-0.25, -0.2) is 13.2 Å². The van der Waals surface area contributed by atoms with Crippen LogP contribution in [0, 0.1) is 5.92 Å². The van der Waals surface area contributed by atoms with Crippen molar-refractivity contribution in [2.75, 3.05) is 31.1 Å². The molecule has 0 bridgehead atoms. The van der Waals surface area contributed by atoms with Crippen LogP contribution in [0.25, 0.3) is 0 Å². The number of urea groups is 1. The highest BCUT2D eigenvalue weighted by Crippen LogP contribution is 2.24. The molecule has 5 nitrogen and oxygen atoms in total. The van der Waals surface area contributed by atoms with Crippen LogP contribution in [-0.4, -0.2) is 61.4 Å². The summed E-state index contributed by atoms with van der Waals surface area (Å²) in [5.74, 6) is 0.676. The molecule has 0 aromatic rings. The average Bonchev–Trinajstić information content (AvgIpc) is 2.38. The number of amides is 2. The lowest BCUT2D eigenvalue weighted by Crippen LogP contribution is -2.55. The molecule has 6 heteroatoms. The first-order valence-corrected chi connectivity index (χ1v) is 8.99. The first kappa shape index (κ1) is 14.6. The number of piperidine rings is 1. The Morgan fingerprint density at radius 1 is 1.11 bits per heavy atom. The molecule has 2 rings (SSSR count). The highest BCUT2D eigenvalue weighted by atomic mass is 32.2. The van der Waals surface area contributed by atoms with E-state index in [1.54, 1.807) is 4.90 Å². The molecule has 1 atom stereocenters. The fourth-order valence-corrected chi connectivity index (χ4v) is 4.17. The summed E-state index contributed by atoms with van der Waals surface area (Å²) in [5, 5.41) is 0. The van der Waals surface area contributed by atoms with Crippen molar-refractivity contribution in [3.63, 3.8) is 0 Å². The van der Waals surface area contributed by atoms with Crippen molar-refractivity contribution in [3.05, 3.63) is 0 Å². The van der Waals surface area contributed by atoms with E-state index in [0.717, 1.165) is 19.4 Å². The minimum atomic E-state index is -2.92. The smallest absolute Gasteiger partial charge is 0.320 e. The molecule has 2 amide bonds. The van der Waals surface area contributed by atoms with Crippen LogP contribution in [0.2, 0.25) is 0 Å². The van der Waals surface area contributed by atoms with Crippen molar-refractivity contribution in [2.45, 2.75) is 39.2 Å². The van der Waals surface area contributed by atoms with Gasteiger partial charge < -0.3 is 9.80 Å². The quantitative estimate of drug-likeness (QED) is 0.732. The fraction of sp³-hybridized carbons (Fsp3) is 0.923. The van der Waals surface area contributed by atoms with E-state index in [0.29, 0.717) is 25.0 Å². The number of hydrogen-bond donors (Lipinski definition) is 0. The number of sulfone groups is 1. The third-order valence-electron chi connectivity index (χ3n) is 4.18. The van der Waals surface area contributed by atoms with Crippen molar-refractivity contribution >= 4 is 15.9 Å². The van der Waals surface area contributed by atoms with Crippen molar-refractivity contribution in [1.29, 1.82) is 0 Å². The van der Waals surface area contributed by atoms with Gasteiger partial charge in [-0.05, 0) is 25.2 Å². The Balaban J connectivity index is 2.02. The Labute approximate surface area is 115 Å². The summed E-state index contributed by atoms with van der Waals surface area (Å²) in [4.78, 5) is 16.2. The molecule has 110 valence electrons. The van der Waals surface area contributed by atoms with Gasteiger partial charge in [-0.2, -0.15) is 0 Å². The van der Waals surface area contributed by atoms with Gasteiger partial charge in [0.05, 0.1) is 11.5 Å². The van der Waals surface area contributed by atoms with Gasteiger partial charge in [0.2, 0.25) is 0 Å². The Hall–Kier alpha value is -0.780. The van der Waals surface area contributed by atoms with Gasteiger partial charge >= 0.3 is 6.03 Å². The number of likely N-dealkylation sites (tertiary alicyclic amines) is 1. The molecule has 0 spiro atoms. The molecule has 1 unspecified atom stereocenters. The minimum absolute atomic E-state index is 0.0355. The molecule has 0 saturated carbocycles. The topological polar surface area (TPSA) is 57.7 Å². The van der Waals surface area contributed by atoms with E-state index in [-0.39, 0.29) is 17.5 Å². The third-order valence-corrected chi connectivity index (χ3v) is 5.79. The van der Waals surface area contributed by atoms with Crippen LogP contribution in [0.5, 0.6) is 0 Å². The molecule has 2 fully saturated rings. The lowest BCUT2D eigenvalue weighted by molar-refractivity contribution is 0.0996. The number of hydrogen-bond acceptors (Lipinski definition) is 3. The normalized spacial score (nSPS) is 27.6. The second kappa shape index (κ2) is 5.69. The Bertz CT molecular complexity index is 419. The van der Waals surface area contributed by atoms with Crippen LogP contribution >= 0.6 is 0 Å². The van der Waals surface area contributed by atoms with Crippen LogP contribution in [0.3, 0.4) is 0 Å². The van der Waals surface area contributed by atoms with Crippen LogP contribution in [0.4, 0.5) is 4.79 Å². The largest absolute Gasteiger partial charge is 0.323 e. The standard InChI is InChI=1S/C13H24N2O3S/c1-11(2)12-5-3-4-6-15(12)13(16)14-7-9-19(17,18)10-8-14/h11-12H,3-10H2,1-2H3. The zero-order valence-corrected chi connectivity index (χ0v) is 12.7. The predicted molar refractivity (Wildman–Crippen MR) is 74.8 cm³/mol. The van der Waals surface area contributed by atoms with Crippen molar-refractivity contribution in [3.8, 4) is 0 Å². The lowest BCUT2D eigenvalue weighted by atomic mass is 9.93. The lowest BCUT2D eigenvalue weighted by Gasteiger charge is -2.41. The molecule has 2 aliphatic heterocycles. The summed E-state index contributed by atoms with van der Waals surface area (Å²) in [7, 11) is -2.92. The first-order valence-electron chi connectivity index (χ1n) is 7.17. The first-order chi connectivity index (χ1) is 8.91. The van der Waals surface area contributed by atoms with Gasteiger partial charge in [0.1, 0.15) is 0 Å². The molecular weight excluding hydrogens is 264 g/mol. The van der Waals surface area contributed by atoms with Crippen LogP contribution in [-0.2, 0) is 9.84 Å². The Morgan fingerprint density at radius 2 is 1.74 bits per heavy atom. The molecule has 0 radical (unpaired) electrons. The van der Waals surface area contributed by atoms with Crippen LogP contribution in [0.1, 0.15) is 33.1 Å². The zero-order valence-electron chi connectivity index (χ0n) is 11.8. The van der Waals surface area contributed by atoms with Gasteiger partial charge in [-0.1, -0.05) is 13.8 Å². The second-order valence-corrected chi connectivity index (χ2v) is 8.23. The van der Waals surface area contributed by atoms with E-state index >= 15 is 0 Å². The molecule has 19 heavy (non-hydrogen) atoms. The summed E-state index contributed by atoms with van der Waals surface area (Å²) in [5.41, 5.74) is 0. The summed E-state index contributed by atoms with van der Waals surface area (Å²) in [6.07, 6.45) is 3.30. The molecular formula is C13H24N2O3S.